The number of rotatable bonds is 3. The number of hydrogen-bond donors (Lipinski definition) is 1. The maximum atomic E-state index is 13.1. The van der Waals surface area contributed by atoms with Gasteiger partial charge in [-0.15, -0.1) is 0 Å². The number of halogens is 1. The molecule has 0 unspecified atom stereocenters. The zero-order valence-corrected chi connectivity index (χ0v) is 11.6. The van der Waals surface area contributed by atoms with Crippen molar-refractivity contribution in [3.63, 3.8) is 0 Å². The Hall–Kier alpha value is -2.21. The van der Waals surface area contributed by atoms with Gasteiger partial charge in [0.1, 0.15) is 5.82 Å². The zero-order valence-electron chi connectivity index (χ0n) is 11.6. The minimum Gasteiger partial charge on any atom is -0.481 e. The Bertz CT molecular complexity index is 621. The first-order chi connectivity index (χ1) is 10.2. The summed E-state index contributed by atoms with van der Waals surface area (Å²) in [4.78, 5) is 10.5. The largest absolute Gasteiger partial charge is 0.481 e. The van der Waals surface area contributed by atoms with Crippen LogP contribution in [0.2, 0.25) is 0 Å². The summed E-state index contributed by atoms with van der Waals surface area (Å²) in [6.45, 7) is 0.440. The van der Waals surface area contributed by atoms with Gasteiger partial charge in [0, 0.05) is 18.8 Å². The molecule has 1 N–H and O–H groups in total. The molecule has 1 aliphatic heterocycles. The van der Waals surface area contributed by atoms with Crippen molar-refractivity contribution in [3.8, 4) is 5.88 Å². The number of aliphatic hydroxyl groups is 1. The quantitative estimate of drug-likeness (QED) is 0.935. The van der Waals surface area contributed by atoms with E-state index in [2.05, 4.69) is 9.97 Å². The zero-order chi connectivity index (χ0) is 14.8. The minimum atomic E-state index is -0.463. The van der Waals surface area contributed by atoms with Crippen molar-refractivity contribution < 1.29 is 14.2 Å². The number of anilines is 1. The van der Waals surface area contributed by atoms with Gasteiger partial charge in [-0.25, -0.2) is 9.37 Å². The SMILES string of the molecule is COc1ccnc(N2C[C@@H](O)C[C@H]2c2ccc(F)cc2)n1. The van der Waals surface area contributed by atoms with E-state index < -0.39 is 6.10 Å². The van der Waals surface area contributed by atoms with Crippen LogP contribution in [0.25, 0.3) is 0 Å². The molecule has 1 aromatic heterocycles. The van der Waals surface area contributed by atoms with Crippen LogP contribution in [0.1, 0.15) is 18.0 Å². The molecule has 1 saturated heterocycles. The fourth-order valence-corrected chi connectivity index (χ4v) is 2.62. The Morgan fingerprint density at radius 1 is 1.29 bits per heavy atom. The molecule has 0 aliphatic carbocycles. The minimum absolute atomic E-state index is 0.0762. The number of aromatic nitrogens is 2. The van der Waals surface area contributed by atoms with Crippen LogP contribution in [-0.2, 0) is 0 Å². The Morgan fingerprint density at radius 3 is 2.76 bits per heavy atom. The first-order valence-electron chi connectivity index (χ1n) is 6.74. The highest BCUT2D eigenvalue weighted by molar-refractivity contribution is 5.40. The average molecular weight is 289 g/mol. The van der Waals surface area contributed by atoms with Crippen molar-refractivity contribution in [1.82, 2.24) is 9.97 Å². The van der Waals surface area contributed by atoms with Crippen LogP contribution in [0.15, 0.2) is 36.5 Å². The summed E-state index contributed by atoms with van der Waals surface area (Å²) in [7, 11) is 1.54. The standard InChI is InChI=1S/C15H16FN3O2/c1-21-14-6-7-17-15(18-14)19-9-12(20)8-13(19)10-2-4-11(16)5-3-10/h2-7,12-13,20H,8-9H2,1H3/t12-,13-/m0/s1. The summed E-state index contributed by atoms with van der Waals surface area (Å²) in [6, 6.07) is 7.89. The third kappa shape index (κ3) is 2.80. The van der Waals surface area contributed by atoms with Gasteiger partial charge in [-0.2, -0.15) is 4.98 Å². The monoisotopic (exact) mass is 289 g/mol. The second-order valence-electron chi connectivity index (χ2n) is 5.01. The van der Waals surface area contributed by atoms with Gasteiger partial charge in [-0.05, 0) is 24.1 Å². The van der Waals surface area contributed by atoms with Crippen molar-refractivity contribution in [2.75, 3.05) is 18.6 Å². The normalized spacial score (nSPS) is 21.6. The number of hydrogen-bond acceptors (Lipinski definition) is 5. The molecule has 0 radical (unpaired) electrons. The lowest BCUT2D eigenvalue weighted by Gasteiger charge is -2.24. The Balaban J connectivity index is 1.93. The van der Waals surface area contributed by atoms with Crippen molar-refractivity contribution >= 4 is 5.95 Å². The molecule has 21 heavy (non-hydrogen) atoms. The molecule has 2 heterocycles. The smallest absolute Gasteiger partial charge is 0.229 e. The fourth-order valence-electron chi connectivity index (χ4n) is 2.62. The van der Waals surface area contributed by atoms with Crippen molar-refractivity contribution in [3.05, 3.63) is 47.9 Å². The van der Waals surface area contributed by atoms with Crippen LogP contribution in [0.3, 0.4) is 0 Å². The lowest BCUT2D eigenvalue weighted by molar-refractivity contribution is 0.194. The summed E-state index contributed by atoms with van der Waals surface area (Å²) in [6.07, 6.45) is 1.72. The highest BCUT2D eigenvalue weighted by Gasteiger charge is 2.33. The van der Waals surface area contributed by atoms with Crippen molar-refractivity contribution in [2.45, 2.75) is 18.6 Å². The topological polar surface area (TPSA) is 58.5 Å². The molecule has 3 rings (SSSR count). The molecule has 2 atom stereocenters. The highest BCUT2D eigenvalue weighted by Crippen LogP contribution is 2.35. The first-order valence-corrected chi connectivity index (χ1v) is 6.74. The van der Waals surface area contributed by atoms with E-state index in [1.165, 1.54) is 12.1 Å². The number of benzene rings is 1. The Morgan fingerprint density at radius 2 is 2.05 bits per heavy atom. The lowest BCUT2D eigenvalue weighted by atomic mass is 10.0. The van der Waals surface area contributed by atoms with E-state index in [1.54, 1.807) is 31.5 Å². The van der Waals surface area contributed by atoms with Crippen molar-refractivity contribution in [1.29, 1.82) is 0 Å². The van der Waals surface area contributed by atoms with Gasteiger partial charge >= 0.3 is 0 Å². The third-order valence-corrected chi connectivity index (χ3v) is 3.62. The van der Waals surface area contributed by atoms with Crippen LogP contribution >= 0.6 is 0 Å². The molecule has 1 aliphatic rings. The van der Waals surface area contributed by atoms with Crippen LogP contribution in [0, 0.1) is 5.82 Å². The number of methoxy groups -OCH3 is 1. The van der Waals surface area contributed by atoms with E-state index in [9.17, 15) is 9.50 Å². The van der Waals surface area contributed by atoms with Gasteiger partial charge < -0.3 is 14.7 Å². The van der Waals surface area contributed by atoms with E-state index in [0.29, 0.717) is 24.8 Å². The molecule has 0 bridgehead atoms. The molecular weight excluding hydrogens is 273 g/mol. The first kappa shape index (κ1) is 13.8. The van der Waals surface area contributed by atoms with Crippen LogP contribution < -0.4 is 9.64 Å². The van der Waals surface area contributed by atoms with E-state index in [-0.39, 0.29) is 11.9 Å². The number of nitrogens with zero attached hydrogens (tertiary/aromatic N) is 3. The average Bonchev–Trinajstić information content (AvgIpc) is 2.90. The predicted octanol–water partition coefficient (Wildman–Crippen LogP) is 1.94. The third-order valence-electron chi connectivity index (χ3n) is 3.62. The van der Waals surface area contributed by atoms with Gasteiger partial charge in [0.15, 0.2) is 0 Å². The number of aliphatic hydroxyl groups excluding tert-OH is 1. The van der Waals surface area contributed by atoms with Gasteiger partial charge in [-0.3, -0.25) is 0 Å². The summed E-state index contributed by atoms with van der Waals surface area (Å²) in [5, 5.41) is 9.97. The summed E-state index contributed by atoms with van der Waals surface area (Å²) in [5.74, 6) is 0.695. The molecule has 0 spiro atoms. The second-order valence-corrected chi connectivity index (χ2v) is 5.01. The molecule has 5 nitrogen and oxygen atoms in total. The number of ether oxygens (including phenoxy) is 1. The van der Waals surface area contributed by atoms with E-state index in [1.807, 2.05) is 4.90 Å². The fraction of sp³-hybridized carbons (Fsp3) is 0.333. The Labute approximate surface area is 122 Å². The highest BCUT2D eigenvalue weighted by atomic mass is 19.1. The van der Waals surface area contributed by atoms with E-state index >= 15 is 0 Å². The lowest BCUT2D eigenvalue weighted by Crippen LogP contribution is -2.26. The maximum Gasteiger partial charge on any atom is 0.229 e. The predicted molar refractivity (Wildman–Crippen MR) is 75.7 cm³/mol. The number of β-amino-alcohol motifs (C(OH)–C–C–N with tert-alkyl or cyclic N) is 1. The summed E-state index contributed by atoms with van der Waals surface area (Å²) < 4.78 is 18.2. The second kappa shape index (κ2) is 5.65. The molecule has 0 amide bonds. The van der Waals surface area contributed by atoms with E-state index in [0.717, 1.165) is 5.56 Å². The van der Waals surface area contributed by atoms with Gasteiger partial charge in [0.2, 0.25) is 11.8 Å². The van der Waals surface area contributed by atoms with Gasteiger partial charge in [-0.1, -0.05) is 12.1 Å². The van der Waals surface area contributed by atoms with E-state index in [4.69, 9.17) is 4.74 Å². The summed E-state index contributed by atoms with van der Waals surface area (Å²) in [5.41, 5.74) is 0.930. The van der Waals surface area contributed by atoms with Crippen LogP contribution in [0.5, 0.6) is 5.88 Å². The molecule has 6 heteroatoms. The molecule has 0 saturated carbocycles. The van der Waals surface area contributed by atoms with Gasteiger partial charge in [0.05, 0.1) is 19.3 Å². The Kier molecular flexibility index (Phi) is 3.70. The van der Waals surface area contributed by atoms with Gasteiger partial charge in [0.25, 0.3) is 0 Å². The molecule has 110 valence electrons. The van der Waals surface area contributed by atoms with Crippen LogP contribution in [-0.4, -0.2) is 34.8 Å². The maximum absolute atomic E-state index is 13.1. The van der Waals surface area contributed by atoms with Crippen molar-refractivity contribution in [2.24, 2.45) is 0 Å². The molecular formula is C15H16FN3O2. The molecule has 2 aromatic rings. The summed E-state index contributed by atoms with van der Waals surface area (Å²) >= 11 is 0. The molecule has 1 fully saturated rings. The molecule has 1 aromatic carbocycles. The van der Waals surface area contributed by atoms with Crippen LogP contribution in [0.4, 0.5) is 10.3 Å².